The fourth-order valence-electron chi connectivity index (χ4n) is 3.22. The molecule has 0 radical (unpaired) electrons. The van der Waals surface area contributed by atoms with Crippen LogP contribution in [0.15, 0.2) is 24.3 Å². The number of likely N-dealkylation sites (tertiary alicyclic amines) is 1. The quantitative estimate of drug-likeness (QED) is 0.893. The first kappa shape index (κ1) is 17.8. The maximum Gasteiger partial charge on any atom is 0.270 e. The third-order valence-electron chi connectivity index (χ3n) is 4.85. The molecule has 0 unspecified atom stereocenters. The van der Waals surface area contributed by atoms with Crippen molar-refractivity contribution in [3.05, 3.63) is 30.0 Å². The molecule has 1 amide bonds. The van der Waals surface area contributed by atoms with E-state index in [2.05, 4.69) is 4.98 Å². The third-order valence-corrected chi connectivity index (χ3v) is 6.19. The highest BCUT2D eigenvalue weighted by molar-refractivity contribution is 7.88. The zero-order valence-electron chi connectivity index (χ0n) is 14.7. The Labute approximate surface area is 147 Å². The maximum atomic E-state index is 12.7. The van der Waals surface area contributed by atoms with E-state index < -0.39 is 10.0 Å². The van der Waals surface area contributed by atoms with Crippen LogP contribution >= 0.6 is 0 Å². The molecule has 1 aliphatic rings. The van der Waals surface area contributed by atoms with Gasteiger partial charge in [0.05, 0.1) is 13.4 Å². The predicted octanol–water partition coefficient (Wildman–Crippen LogP) is 1.67. The summed E-state index contributed by atoms with van der Waals surface area (Å²) >= 11 is 0. The molecule has 0 atom stereocenters. The summed E-state index contributed by atoms with van der Waals surface area (Å²) in [6, 6.07) is 7.42. The summed E-state index contributed by atoms with van der Waals surface area (Å²) in [5.41, 5.74) is 1.40. The molecule has 1 aromatic heterocycles. The third kappa shape index (κ3) is 3.64. The van der Waals surface area contributed by atoms with Gasteiger partial charge in [-0.25, -0.2) is 12.7 Å². The number of aromatic amines is 1. The van der Waals surface area contributed by atoms with E-state index in [1.54, 1.807) is 19.1 Å². The van der Waals surface area contributed by atoms with Crippen molar-refractivity contribution in [2.75, 3.05) is 33.5 Å². The number of fused-ring (bicyclic) bond motifs is 1. The number of methoxy groups -OCH3 is 1. The first-order valence-corrected chi connectivity index (χ1v) is 10.0. The molecular weight excluding hydrogens is 342 g/mol. The number of rotatable bonds is 4. The van der Waals surface area contributed by atoms with Gasteiger partial charge in [0.25, 0.3) is 5.91 Å². The first-order valence-electron chi connectivity index (χ1n) is 8.18. The summed E-state index contributed by atoms with van der Waals surface area (Å²) in [4.78, 5) is 17.6. The van der Waals surface area contributed by atoms with Crippen LogP contribution in [0.25, 0.3) is 10.9 Å². The number of aromatic nitrogens is 1. The average molecular weight is 365 g/mol. The number of carbonyl (C=O) groups is 1. The number of sulfonamides is 1. The van der Waals surface area contributed by atoms with Gasteiger partial charge in [-0.1, -0.05) is 0 Å². The fraction of sp³-hybridized carbons (Fsp3) is 0.471. The van der Waals surface area contributed by atoms with Crippen LogP contribution in [0.1, 0.15) is 23.3 Å². The van der Waals surface area contributed by atoms with Crippen LogP contribution in [0, 0.1) is 0 Å². The molecule has 1 fully saturated rings. The van der Waals surface area contributed by atoms with Crippen LogP contribution in [-0.2, 0) is 10.0 Å². The van der Waals surface area contributed by atoms with Crippen molar-refractivity contribution in [3.8, 4) is 5.75 Å². The minimum Gasteiger partial charge on any atom is -0.497 e. The van der Waals surface area contributed by atoms with E-state index in [1.165, 1.54) is 10.6 Å². The normalized spacial score (nSPS) is 16.6. The van der Waals surface area contributed by atoms with Crippen LogP contribution < -0.4 is 4.74 Å². The molecule has 2 aromatic rings. The Bertz CT molecular complexity index is 882. The molecule has 1 saturated heterocycles. The Balaban J connectivity index is 1.70. The number of piperidine rings is 1. The van der Waals surface area contributed by atoms with E-state index in [-0.39, 0.29) is 11.9 Å². The monoisotopic (exact) mass is 365 g/mol. The second-order valence-corrected chi connectivity index (χ2v) is 8.48. The van der Waals surface area contributed by atoms with Crippen LogP contribution in [-0.4, -0.2) is 68.1 Å². The predicted molar refractivity (Wildman–Crippen MR) is 96.4 cm³/mol. The fourth-order valence-corrected chi connectivity index (χ4v) is 3.97. The van der Waals surface area contributed by atoms with E-state index >= 15 is 0 Å². The zero-order chi connectivity index (χ0) is 18.2. The second-order valence-electron chi connectivity index (χ2n) is 6.44. The molecule has 8 heteroatoms. The van der Waals surface area contributed by atoms with Crippen molar-refractivity contribution in [1.29, 1.82) is 0 Å². The van der Waals surface area contributed by atoms with E-state index in [0.717, 1.165) is 16.7 Å². The minimum atomic E-state index is -3.20. The topological polar surface area (TPSA) is 82.7 Å². The van der Waals surface area contributed by atoms with Gasteiger partial charge in [-0.2, -0.15) is 0 Å². The average Bonchev–Trinajstić information content (AvgIpc) is 3.02. The summed E-state index contributed by atoms with van der Waals surface area (Å²) in [7, 11) is 0.000305. The molecule has 2 heterocycles. The number of carbonyl (C=O) groups excluding carboxylic acids is 1. The Hall–Kier alpha value is -2.06. The highest BCUT2D eigenvalue weighted by atomic mass is 32.2. The molecule has 0 aliphatic carbocycles. The van der Waals surface area contributed by atoms with Crippen LogP contribution in [0.3, 0.4) is 0 Å². The van der Waals surface area contributed by atoms with Crippen molar-refractivity contribution in [2.45, 2.75) is 18.9 Å². The Morgan fingerprint density at radius 3 is 2.56 bits per heavy atom. The summed E-state index contributed by atoms with van der Waals surface area (Å²) in [5.74, 6) is 0.675. The molecule has 1 aromatic carbocycles. The van der Waals surface area contributed by atoms with Gasteiger partial charge in [0.2, 0.25) is 10.0 Å². The number of hydrogen-bond donors (Lipinski definition) is 1. The molecule has 7 nitrogen and oxygen atoms in total. The van der Waals surface area contributed by atoms with Gasteiger partial charge >= 0.3 is 0 Å². The van der Waals surface area contributed by atoms with E-state index in [4.69, 9.17) is 4.74 Å². The van der Waals surface area contributed by atoms with Gasteiger partial charge in [0.1, 0.15) is 11.4 Å². The molecule has 0 spiro atoms. The van der Waals surface area contributed by atoms with E-state index in [0.29, 0.717) is 31.6 Å². The summed E-state index contributed by atoms with van der Waals surface area (Å²) < 4.78 is 29.9. The van der Waals surface area contributed by atoms with Gasteiger partial charge in [-0.3, -0.25) is 4.79 Å². The lowest BCUT2D eigenvalue weighted by Crippen LogP contribution is -2.47. The lowest BCUT2D eigenvalue weighted by atomic mass is 10.1. The smallest absolute Gasteiger partial charge is 0.270 e. The Morgan fingerprint density at radius 1 is 1.28 bits per heavy atom. The van der Waals surface area contributed by atoms with Crippen molar-refractivity contribution >= 4 is 26.8 Å². The Kier molecular flexibility index (Phi) is 4.75. The minimum absolute atomic E-state index is 0.0500. The van der Waals surface area contributed by atoms with Gasteiger partial charge < -0.3 is 14.6 Å². The number of nitrogens with one attached hydrogen (secondary N) is 1. The lowest BCUT2D eigenvalue weighted by Gasteiger charge is -2.35. The number of H-pyrrole nitrogens is 1. The number of ether oxygens (including phenoxy) is 1. The largest absolute Gasteiger partial charge is 0.497 e. The molecular formula is C17H23N3O4S. The SMILES string of the molecule is COc1ccc2cc(C(=O)N3CCC(N(C)S(C)(=O)=O)CC3)[nH]c2c1. The van der Waals surface area contributed by atoms with E-state index in [1.807, 2.05) is 24.3 Å². The van der Waals surface area contributed by atoms with Crippen molar-refractivity contribution < 1.29 is 17.9 Å². The molecule has 3 rings (SSSR count). The lowest BCUT2D eigenvalue weighted by molar-refractivity contribution is 0.0681. The Morgan fingerprint density at radius 2 is 1.96 bits per heavy atom. The number of nitrogens with zero attached hydrogens (tertiary/aromatic N) is 2. The van der Waals surface area contributed by atoms with Crippen LogP contribution in [0.2, 0.25) is 0 Å². The van der Waals surface area contributed by atoms with Crippen molar-refractivity contribution in [1.82, 2.24) is 14.2 Å². The molecule has 1 aliphatic heterocycles. The standard InChI is InChI=1S/C17H23N3O4S/c1-19(25(3,22)23)13-6-8-20(9-7-13)17(21)16-10-12-4-5-14(24-2)11-15(12)18-16/h4-5,10-11,13,18H,6-9H2,1-3H3. The van der Waals surface area contributed by atoms with Crippen LogP contribution in [0.5, 0.6) is 5.75 Å². The molecule has 25 heavy (non-hydrogen) atoms. The van der Waals surface area contributed by atoms with Gasteiger partial charge in [-0.15, -0.1) is 0 Å². The first-order chi connectivity index (χ1) is 11.8. The van der Waals surface area contributed by atoms with E-state index in [9.17, 15) is 13.2 Å². The van der Waals surface area contributed by atoms with Crippen LogP contribution in [0.4, 0.5) is 0 Å². The van der Waals surface area contributed by atoms with Gasteiger partial charge in [0.15, 0.2) is 0 Å². The summed E-state index contributed by atoms with van der Waals surface area (Å²) in [5, 5.41) is 0.954. The second kappa shape index (κ2) is 6.68. The molecule has 0 saturated carbocycles. The van der Waals surface area contributed by atoms with Crippen molar-refractivity contribution in [2.24, 2.45) is 0 Å². The van der Waals surface area contributed by atoms with Gasteiger partial charge in [-0.05, 0) is 31.0 Å². The maximum absolute atomic E-state index is 12.7. The zero-order valence-corrected chi connectivity index (χ0v) is 15.5. The molecule has 136 valence electrons. The van der Waals surface area contributed by atoms with Crippen molar-refractivity contribution in [3.63, 3.8) is 0 Å². The number of benzene rings is 1. The number of amides is 1. The molecule has 1 N–H and O–H groups in total. The highest BCUT2D eigenvalue weighted by Gasteiger charge is 2.29. The number of hydrogen-bond acceptors (Lipinski definition) is 4. The summed E-state index contributed by atoms with van der Waals surface area (Å²) in [6.45, 7) is 1.09. The van der Waals surface area contributed by atoms with Gasteiger partial charge in [0, 0.05) is 43.1 Å². The highest BCUT2D eigenvalue weighted by Crippen LogP contribution is 2.23. The summed E-state index contributed by atoms with van der Waals surface area (Å²) in [6.07, 6.45) is 2.50. The molecule has 0 bridgehead atoms.